The first-order valence-electron chi connectivity index (χ1n) is 9.28. The summed E-state index contributed by atoms with van der Waals surface area (Å²) in [5.74, 6) is 1.58. The lowest BCUT2D eigenvalue weighted by Gasteiger charge is -2.18. The summed E-state index contributed by atoms with van der Waals surface area (Å²) in [4.78, 5) is 4.43. The number of aliphatic imine (C=N–C) groups is 1. The summed E-state index contributed by atoms with van der Waals surface area (Å²) < 4.78 is 23.9. The van der Waals surface area contributed by atoms with E-state index in [2.05, 4.69) is 15.6 Å². The van der Waals surface area contributed by atoms with E-state index < -0.39 is 6.10 Å². The zero-order chi connectivity index (χ0) is 20.4. The number of halogens is 1. The standard InChI is InChI=1S/C21H28FN3O3/c1-4-23-21(24-13-15(2)28-18-10-8-17(22)9-11-18)25-14-20(26)16-6-5-7-19(12-16)27-3/h5-12,15,20,26H,4,13-14H2,1-3H3,(H2,23,24,25). The SMILES string of the molecule is CCNC(=NCC(O)c1cccc(OC)c1)NCC(C)Oc1ccc(F)cc1. The molecule has 2 rings (SSSR count). The Kier molecular flexibility index (Phi) is 8.55. The van der Waals surface area contributed by atoms with Gasteiger partial charge < -0.3 is 25.2 Å². The van der Waals surface area contributed by atoms with E-state index in [1.165, 1.54) is 12.1 Å². The lowest BCUT2D eigenvalue weighted by molar-refractivity contribution is 0.186. The van der Waals surface area contributed by atoms with Gasteiger partial charge in [0.2, 0.25) is 0 Å². The summed E-state index contributed by atoms with van der Waals surface area (Å²) in [5.41, 5.74) is 0.743. The maximum absolute atomic E-state index is 13.0. The summed E-state index contributed by atoms with van der Waals surface area (Å²) in [6, 6.07) is 13.2. The van der Waals surface area contributed by atoms with Crippen molar-refractivity contribution in [3.8, 4) is 11.5 Å². The number of methoxy groups -OCH3 is 1. The van der Waals surface area contributed by atoms with Gasteiger partial charge in [0, 0.05) is 6.54 Å². The van der Waals surface area contributed by atoms with E-state index in [-0.39, 0.29) is 18.5 Å². The highest BCUT2D eigenvalue weighted by molar-refractivity contribution is 5.79. The van der Waals surface area contributed by atoms with Crippen molar-refractivity contribution in [1.82, 2.24) is 10.6 Å². The lowest BCUT2D eigenvalue weighted by Crippen LogP contribution is -2.42. The number of nitrogens with zero attached hydrogens (tertiary/aromatic N) is 1. The number of ether oxygens (including phenoxy) is 2. The summed E-state index contributed by atoms with van der Waals surface area (Å²) in [5, 5.41) is 16.7. The van der Waals surface area contributed by atoms with Crippen molar-refractivity contribution in [2.45, 2.75) is 26.1 Å². The van der Waals surface area contributed by atoms with E-state index in [9.17, 15) is 9.50 Å². The Morgan fingerprint density at radius 3 is 2.57 bits per heavy atom. The van der Waals surface area contributed by atoms with Crippen molar-refractivity contribution in [3.05, 3.63) is 59.9 Å². The molecule has 0 amide bonds. The molecule has 6 nitrogen and oxygen atoms in total. The number of guanidine groups is 1. The summed E-state index contributed by atoms with van der Waals surface area (Å²) in [6.45, 7) is 5.27. The van der Waals surface area contributed by atoms with Gasteiger partial charge in [0.15, 0.2) is 5.96 Å². The number of nitrogens with one attached hydrogen (secondary N) is 2. The van der Waals surface area contributed by atoms with Crippen LogP contribution in [-0.4, -0.2) is 43.9 Å². The number of rotatable bonds is 9. The highest BCUT2D eigenvalue weighted by Crippen LogP contribution is 2.19. The van der Waals surface area contributed by atoms with Gasteiger partial charge in [-0.25, -0.2) is 4.39 Å². The van der Waals surface area contributed by atoms with E-state index in [1.807, 2.05) is 32.0 Å². The van der Waals surface area contributed by atoms with Crippen molar-refractivity contribution >= 4 is 5.96 Å². The average Bonchev–Trinajstić information content (AvgIpc) is 2.71. The summed E-state index contributed by atoms with van der Waals surface area (Å²) in [7, 11) is 1.59. The van der Waals surface area contributed by atoms with Crippen LogP contribution in [0.3, 0.4) is 0 Å². The fourth-order valence-corrected chi connectivity index (χ4v) is 2.50. The van der Waals surface area contributed by atoms with Gasteiger partial charge in [-0.1, -0.05) is 12.1 Å². The molecule has 2 aromatic carbocycles. The van der Waals surface area contributed by atoms with E-state index in [0.717, 1.165) is 5.56 Å². The fourth-order valence-electron chi connectivity index (χ4n) is 2.50. The van der Waals surface area contributed by atoms with E-state index >= 15 is 0 Å². The summed E-state index contributed by atoms with van der Waals surface area (Å²) in [6.07, 6.45) is -0.893. The fraction of sp³-hybridized carbons (Fsp3) is 0.381. The Hall–Kier alpha value is -2.80. The molecule has 0 aliphatic carbocycles. The van der Waals surface area contributed by atoms with Crippen LogP contribution < -0.4 is 20.1 Å². The van der Waals surface area contributed by atoms with Crippen molar-refractivity contribution in [1.29, 1.82) is 0 Å². The van der Waals surface area contributed by atoms with Crippen LogP contribution in [0.4, 0.5) is 4.39 Å². The zero-order valence-electron chi connectivity index (χ0n) is 16.5. The van der Waals surface area contributed by atoms with Gasteiger partial charge in [-0.15, -0.1) is 0 Å². The topological polar surface area (TPSA) is 75.1 Å². The van der Waals surface area contributed by atoms with Crippen molar-refractivity contribution in [2.75, 3.05) is 26.7 Å². The third-order valence-electron chi connectivity index (χ3n) is 3.95. The molecule has 0 aromatic heterocycles. The van der Waals surface area contributed by atoms with E-state index in [4.69, 9.17) is 9.47 Å². The van der Waals surface area contributed by atoms with Crippen molar-refractivity contribution in [2.24, 2.45) is 4.99 Å². The molecule has 7 heteroatoms. The molecule has 0 bridgehead atoms. The number of hydrogen-bond acceptors (Lipinski definition) is 4. The maximum Gasteiger partial charge on any atom is 0.191 e. The third-order valence-corrected chi connectivity index (χ3v) is 3.95. The van der Waals surface area contributed by atoms with Gasteiger partial charge in [0.25, 0.3) is 0 Å². The molecule has 152 valence electrons. The first-order valence-corrected chi connectivity index (χ1v) is 9.28. The minimum atomic E-state index is -0.738. The molecule has 0 radical (unpaired) electrons. The number of aliphatic hydroxyl groups excluding tert-OH is 1. The predicted molar refractivity (Wildman–Crippen MR) is 108 cm³/mol. The van der Waals surface area contributed by atoms with E-state index in [1.54, 1.807) is 25.3 Å². The normalized spacial score (nSPS) is 13.5. The molecule has 2 atom stereocenters. The lowest BCUT2D eigenvalue weighted by atomic mass is 10.1. The maximum atomic E-state index is 13.0. The van der Waals surface area contributed by atoms with Gasteiger partial charge in [-0.2, -0.15) is 0 Å². The number of benzene rings is 2. The second kappa shape index (κ2) is 11.1. The first kappa shape index (κ1) is 21.5. The van der Waals surface area contributed by atoms with Crippen LogP contribution in [0.1, 0.15) is 25.5 Å². The van der Waals surface area contributed by atoms with Gasteiger partial charge in [0.1, 0.15) is 23.4 Å². The zero-order valence-corrected chi connectivity index (χ0v) is 16.5. The largest absolute Gasteiger partial charge is 0.497 e. The molecule has 0 spiro atoms. The Bertz CT molecular complexity index is 753. The van der Waals surface area contributed by atoms with Crippen LogP contribution in [0.5, 0.6) is 11.5 Å². The number of hydrogen-bond donors (Lipinski definition) is 3. The quantitative estimate of drug-likeness (QED) is 0.454. The Labute approximate surface area is 165 Å². The highest BCUT2D eigenvalue weighted by atomic mass is 19.1. The summed E-state index contributed by atoms with van der Waals surface area (Å²) >= 11 is 0. The third kappa shape index (κ3) is 7.08. The molecule has 0 saturated heterocycles. The Morgan fingerprint density at radius 1 is 1.14 bits per heavy atom. The molecule has 0 heterocycles. The highest BCUT2D eigenvalue weighted by Gasteiger charge is 2.10. The first-order chi connectivity index (χ1) is 13.5. The Balaban J connectivity index is 1.89. The molecular weight excluding hydrogens is 361 g/mol. The average molecular weight is 389 g/mol. The van der Waals surface area contributed by atoms with Crippen LogP contribution >= 0.6 is 0 Å². The van der Waals surface area contributed by atoms with Crippen LogP contribution in [0.25, 0.3) is 0 Å². The molecule has 0 fully saturated rings. The smallest absolute Gasteiger partial charge is 0.191 e. The van der Waals surface area contributed by atoms with Gasteiger partial charge in [-0.05, 0) is 55.8 Å². The van der Waals surface area contributed by atoms with Crippen LogP contribution in [0, 0.1) is 5.82 Å². The molecule has 2 unspecified atom stereocenters. The second-order valence-electron chi connectivity index (χ2n) is 6.28. The van der Waals surface area contributed by atoms with Gasteiger partial charge >= 0.3 is 0 Å². The van der Waals surface area contributed by atoms with Crippen LogP contribution in [0.15, 0.2) is 53.5 Å². The molecular formula is C21H28FN3O3. The minimum Gasteiger partial charge on any atom is -0.497 e. The van der Waals surface area contributed by atoms with Crippen LogP contribution in [0.2, 0.25) is 0 Å². The minimum absolute atomic E-state index is 0.155. The second-order valence-corrected chi connectivity index (χ2v) is 6.28. The molecule has 28 heavy (non-hydrogen) atoms. The Morgan fingerprint density at radius 2 is 1.89 bits per heavy atom. The predicted octanol–water partition coefficient (Wildman–Crippen LogP) is 2.89. The molecule has 0 aliphatic heterocycles. The molecule has 2 aromatic rings. The molecule has 0 aliphatic rings. The van der Waals surface area contributed by atoms with E-state index in [0.29, 0.717) is 30.5 Å². The van der Waals surface area contributed by atoms with Gasteiger partial charge in [-0.3, -0.25) is 4.99 Å². The van der Waals surface area contributed by atoms with Gasteiger partial charge in [0.05, 0.1) is 26.3 Å². The molecule has 0 saturated carbocycles. The van der Waals surface area contributed by atoms with Crippen LogP contribution in [-0.2, 0) is 0 Å². The van der Waals surface area contributed by atoms with Crippen molar-refractivity contribution < 1.29 is 19.0 Å². The number of aliphatic hydroxyl groups is 1. The molecule has 3 N–H and O–H groups in total. The monoisotopic (exact) mass is 389 g/mol. The van der Waals surface area contributed by atoms with Crippen molar-refractivity contribution in [3.63, 3.8) is 0 Å².